The lowest BCUT2D eigenvalue weighted by Gasteiger charge is -2.11. The molecule has 0 atom stereocenters. The lowest BCUT2D eigenvalue weighted by atomic mass is 10.1. The lowest BCUT2D eigenvalue weighted by Crippen LogP contribution is -2.22. The Bertz CT molecular complexity index is 535. The summed E-state index contributed by atoms with van der Waals surface area (Å²) in [5.41, 5.74) is 2.41. The van der Waals surface area contributed by atoms with Gasteiger partial charge in [0.25, 0.3) is 0 Å². The quantitative estimate of drug-likeness (QED) is 0.879. The molecule has 0 unspecified atom stereocenters. The van der Waals surface area contributed by atoms with Gasteiger partial charge < -0.3 is 5.32 Å². The Morgan fingerprint density at radius 1 is 1.35 bits per heavy atom. The van der Waals surface area contributed by atoms with E-state index in [1.807, 2.05) is 19.1 Å². The summed E-state index contributed by atoms with van der Waals surface area (Å²) in [6, 6.07) is 7.52. The number of nitrogens with one attached hydrogen (secondary N) is 1. The van der Waals surface area contributed by atoms with Crippen molar-refractivity contribution in [2.24, 2.45) is 0 Å². The fraction of sp³-hybridized carbons (Fsp3) is 0.357. The Hall–Kier alpha value is -1.48. The average molecular weight is 232 g/mol. The van der Waals surface area contributed by atoms with Gasteiger partial charge >= 0.3 is 0 Å². The van der Waals surface area contributed by atoms with E-state index < -0.39 is 0 Å². The third-order valence-electron chi connectivity index (χ3n) is 2.70. The minimum Gasteiger partial charge on any atom is -0.310 e. The Kier molecular flexibility index (Phi) is 3.38. The first-order valence-corrected chi connectivity index (χ1v) is 5.86. The maximum atomic E-state index is 13.7. The van der Waals surface area contributed by atoms with Crippen LogP contribution in [0.4, 0.5) is 4.39 Å². The second kappa shape index (κ2) is 4.80. The highest BCUT2D eigenvalue weighted by Crippen LogP contribution is 2.20. The molecule has 1 heterocycles. The van der Waals surface area contributed by atoms with Crippen molar-refractivity contribution in [1.82, 2.24) is 10.3 Å². The molecule has 17 heavy (non-hydrogen) atoms. The van der Waals surface area contributed by atoms with E-state index in [0.717, 1.165) is 23.2 Å². The molecule has 1 N–H and O–H groups in total. The van der Waals surface area contributed by atoms with Crippen molar-refractivity contribution < 1.29 is 4.39 Å². The highest BCUT2D eigenvalue weighted by Gasteiger charge is 2.07. The van der Waals surface area contributed by atoms with Gasteiger partial charge in [-0.25, -0.2) is 4.39 Å². The maximum absolute atomic E-state index is 13.7. The molecule has 2 aromatic rings. The van der Waals surface area contributed by atoms with Crippen molar-refractivity contribution in [2.45, 2.75) is 33.4 Å². The molecule has 0 radical (unpaired) electrons. The number of aromatic nitrogens is 1. The average Bonchev–Trinajstić information content (AvgIpc) is 2.27. The van der Waals surface area contributed by atoms with Gasteiger partial charge in [-0.05, 0) is 24.6 Å². The Morgan fingerprint density at radius 3 is 2.82 bits per heavy atom. The minimum absolute atomic E-state index is 0.253. The smallest absolute Gasteiger partial charge is 0.149 e. The van der Waals surface area contributed by atoms with Gasteiger partial charge in [0.1, 0.15) is 11.3 Å². The topological polar surface area (TPSA) is 24.9 Å². The number of aryl methyl sites for hydroxylation is 1. The number of nitrogens with zero attached hydrogens (tertiary/aromatic N) is 1. The van der Waals surface area contributed by atoms with Crippen LogP contribution in [0.2, 0.25) is 0 Å². The molecule has 0 aliphatic carbocycles. The van der Waals surface area contributed by atoms with Crippen molar-refractivity contribution in [3.05, 3.63) is 41.3 Å². The zero-order chi connectivity index (χ0) is 12.4. The number of hydrogen-bond donors (Lipinski definition) is 1. The van der Waals surface area contributed by atoms with E-state index in [1.54, 1.807) is 6.07 Å². The van der Waals surface area contributed by atoms with Crippen LogP contribution in [0.15, 0.2) is 24.3 Å². The first-order valence-electron chi connectivity index (χ1n) is 5.86. The van der Waals surface area contributed by atoms with Gasteiger partial charge in [-0.3, -0.25) is 4.98 Å². The van der Waals surface area contributed by atoms with Crippen molar-refractivity contribution in [2.75, 3.05) is 0 Å². The Balaban J connectivity index is 2.50. The Labute approximate surface area is 101 Å². The van der Waals surface area contributed by atoms with Gasteiger partial charge in [0.2, 0.25) is 0 Å². The zero-order valence-electron chi connectivity index (χ0n) is 10.4. The zero-order valence-corrected chi connectivity index (χ0v) is 10.4. The number of rotatable bonds is 3. The van der Waals surface area contributed by atoms with Crippen LogP contribution in [-0.4, -0.2) is 11.0 Å². The summed E-state index contributed by atoms with van der Waals surface area (Å²) >= 11 is 0. The van der Waals surface area contributed by atoms with Gasteiger partial charge in [-0.15, -0.1) is 0 Å². The SMILES string of the molecule is Cc1cc(CNC(C)C)c2cccc(F)c2n1. The largest absolute Gasteiger partial charge is 0.310 e. The van der Waals surface area contributed by atoms with Gasteiger partial charge in [0, 0.05) is 23.7 Å². The predicted molar refractivity (Wildman–Crippen MR) is 68.4 cm³/mol. The van der Waals surface area contributed by atoms with Crippen molar-refractivity contribution in [3.8, 4) is 0 Å². The molecule has 2 nitrogen and oxygen atoms in total. The second-order valence-electron chi connectivity index (χ2n) is 4.59. The number of para-hydroxylation sites is 1. The van der Waals surface area contributed by atoms with Crippen LogP contribution < -0.4 is 5.32 Å². The van der Waals surface area contributed by atoms with E-state index in [0.29, 0.717) is 11.6 Å². The number of pyridine rings is 1. The number of halogens is 1. The molecular weight excluding hydrogens is 215 g/mol. The Morgan fingerprint density at radius 2 is 2.12 bits per heavy atom. The summed E-state index contributed by atoms with van der Waals surface area (Å²) < 4.78 is 13.7. The minimum atomic E-state index is -0.253. The van der Waals surface area contributed by atoms with Gasteiger partial charge in [0.15, 0.2) is 0 Å². The summed E-state index contributed by atoms with van der Waals surface area (Å²) in [5, 5.41) is 4.24. The van der Waals surface area contributed by atoms with E-state index in [9.17, 15) is 4.39 Å². The number of benzene rings is 1. The second-order valence-corrected chi connectivity index (χ2v) is 4.59. The fourth-order valence-electron chi connectivity index (χ4n) is 1.89. The van der Waals surface area contributed by atoms with E-state index >= 15 is 0 Å². The van der Waals surface area contributed by atoms with Crippen LogP contribution in [0, 0.1) is 12.7 Å². The third kappa shape index (κ3) is 2.61. The van der Waals surface area contributed by atoms with Gasteiger partial charge in [-0.1, -0.05) is 26.0 Å². The summed E-state index contributed by atoms with van der Waals surface area (Å²) in [7, 11) is 0. The molecule has 0 saturated carbocycles. The third-order valence-corrected chi connectivity index (χ3v) is 2.70. The highest BCUT2D eigenvalue weighted by molar-refractivity contribution is 5.82. The van der Waals surface area contributed by atoms with Crippen LogP contribution in [-0.2, 0) is 6.54 Å². The monoisotopic (exact) mass is 232 g/mol. The van der Waals surface area contributed by atoms with Crippen LogP contribution in [0.1, 0.15) is 25.1 Å². The standard InChI is InChI=1S/C14H17FN2/c1-9(2)16-8-11-7-10(3)17-14-12(11)5-4-6-13(14)15/h4-7,9,16H,8H2,1-3H3. The molecule has 3 heteroatoms. The normalized spacial score (nSPS) is 11.4. The van der Waals surface area contributed by atoms with Gasteiger partial charge in [-0.2, -0.15) is 0 Å². The summed E-state index contributed by atoms with van der Waals surface area (Å²) in [4.78, 5) is 4.26. The van der Waals surface area contributed by atoms with Crippen LogP contribution >= 0.6 is 0 Å². The summed E-state index contributed by atoms with van der Waals surface area (Å²) in [6.07, 6.45) is 0. The molecule has 0 aliphatic heterocycles. The highest BCUT2D eigenvalue weighted by atomic mass is 19.1. The molecule has 0 fully saturated rings. The molecule has 0 bridgehead atoms. The first-order chi connectivity index (χ1) is 8.08. The maximum Gasteiger partial charge on any atom is 0.149 e. The summed E-state index contributed by atoms with van der Waals surface area (Å²) in [5.74, 6) is -0.253. The first kappa shape index (κ1) is 12.0. The number of hydrogen-bond acceptors (Lipinski definition) is 2. The molecule has 2 rings (SSSR count). The fourth-order valence-corrected chi connectivity index (χ4v) is 1.89. The van der Waals surface area contributed by atoms with Crippen LogP contribution in [0.5, 0.6) is 0 Å². The van der Waals surface area contributed by atoms with Crippen molar-refractivity contribution in [3.63, 3.8) is 0 Å². The molecule has 0 amide bonds. The van der Waals surface area contributed by atoms with E-state index in [-0.39, 0.29) is 5.82 Å². The number of fused-ring (bicyclic) bond motifs is 1. The van der Waals surface area contributed by atoms with Crippen LogP contribution in [0.25, 0.3) is 10.9 Å². The lowest BCUT2D eigenvalue weighted by molar-refractivity contribution is 0.590. The van der Waals surface area contributed by atoms with Crippen molar-refractivity contribution >= 4 is 10.9 Å². The molecule has 0 spiro atoms. The molecular formula is C14H17FN2. The molecule has 90 valence electrons. The summed E-state index contributed by atoms with van der Waals surface area (Å²) in [6.45, 7) is 6.82. The molecule has 0 aliphatic rings. The van der Waals surface area contributed by atoms with E-state index in [1.165, 1.54) is 6.07 Å². The van der Waals surface area contributed by atoms with Crippen molar-refractivity contribution in [1.29, 1.82) is 0 Å². The van der Waals surface area contributed by atoms with Crippen LogP contribution in [0.3, 0.4) is 0 Å². The van der Waals surface area contributed by atoms with E-state index in [2.05, 4.69) is 24.1 Å². The van der Waals surface area contributed by atoms with E-state index in [4.69, 9.17) is 0 Å². The van der Waals surface area contributed by atoms with Gasteiger partial charge in [0.05, 0.1) is 0 Å². The molecule has 1 aromatic heterocycles. The molecule has 1 aromatic carbocycles. The predicted octanol–water partition coefficient (Wildman–Crippen LogP) is 3.18. The molecule has 0 saturated heterocycles.